The Labute approximate surface area is 171 Å². The van der Waals surface area contributed by atoms with Crippen LogP contribution >= 0.6 is 23.2 Å². The molecule has 2 aromatic carbocycles. The third kappa shape index (κ3) is 4.29. The van der Waals surface area contributed by atoms with Gasteiger partial charge < -0.3 is 10.1 Å². The fraction of sp³-hybridized carbons (Fsp3) is 0.200. The van der Waals surface area contributed by atoms with E-state index in [1.54, 1.807) is 30.3 Å². The minimum atomic E-state index is -0.458. The zero-order chi connectivity index (χ0) is 20.3. The van der Waals surface area contributed by atoms with Crippen LogP contribution in [0.2, 0.25) is 10.0 Å². The molecule has 0 aromatic heterocycles. The molecule has 1 saturated heterocycles. The molecule has 146 valence electrons. The molecule has 0 atom stereocenters. The number of benzene rings is 2. The highest BCUT2D eigenvalue weighted by Gasteiger charge is 2.32. The van der Waals surface area contributed by atoms with Gasteiger partial charge in [-0.15, -0.1) is 0 Å². The van der Waals surface area contributed by atoms with Gasteiger partial charge in [0.2, 0.25) is 0 Å². The van der Waals surface area contributed by atoms with E-state index in [1.165, 1.54) is 12.1 Å². The maximum Gasteiger partial charge on any atom is 0.329 e. The van der Waals surface area contributed by atoms with Crippen LogP contribution in [0.4, 0.5) is 9.18 Å². The van der Waals surface area contributed by atoms with Crippen LogP contribution in [0.15, 0.2) is 42.1 Å². The second kappa shape index (κ2) is 8.63. The molecule has 0 aliphatic carbocycles. The normalized spacial score (nSPS) is 15.3. The monoisotopic (exact) mass is 422 g/mol. The molecule has 3 rings (SSSR count). The van der Waals surface area contributed by atoms with Gasteiger partial charge in [0.15, 0.2) is 5.75 Å². The van der Waals surface area contributed by atoms with Crippen LogP contribution in [0.25, 0.3) is 6.08 Å². The van der Waals surface area contributed by atoms with Crippen LogP contribution in [0.1, 0.15) is 24.5 Å². The Morgan fingerprint density at radius 1 is 1.18 bits per heavy atom. The van der Waals surface area contributed by atoms with Crippen molar-refractivity contribution in [3.8, 4) is 5.75 Å². The molecule has 1 fully saturated rings. The first-order valence-corrected chi connectivity index (χ1v) is 9.36. The summed E-state index contributed by atoms with van der Waals surface area (Å²) >= 11 is 12.5. The van der Waals surface area contributed by atoms with Crippen LogP contribution in [0.5, 0.6) is 5.75 Å². The molecule has 2 aromatic rings. The summed E-state index contributed by atoms with van der Waals surface area (Å²) in [5, 5.41) is 2.95. The lowest BCUT2D eigenvalue weighted by atomic mass is 10.1. The van der Waals surface area contributed by atoms with Crippen LogP contribution in [0.3, 0.4) is 0 Å². The minimum absolute atomic E-state index is 0.0347. The summed E-state index contributed by atoms with van der Waals surface area (Å²) < 4.78 is 19.3. The second-order valence-electron chi connectivity index (χ2n) is 6.14. The lowest BCUT2D eigenvalue weighted by molar-refractivity contribution is -0.122. The van der Waals surface area contributed by atoms with Crippen LogP contribution < -0.4 is 10.1 Å². The molecule has 5 nitrogen and oxygen atoms in total. The number of carbonyl (C=O) groups is 2. The third-order valence-corrected chi connectivity index (χ3v) is 4.63. The first kappa shape index (κ1) is 20.2. The average molecular weight is 423 g/mol. The van der Waals surface area contributed by atoms with Crippen LogP contribution in [-0.2, 0) is 11.4 Å². The quantitative estimate of drug-likeness (QED) is 0.525. The van der Waals surface area contributed by atoms with Gasteiger partial charge in [0, 0.05) is 12.1 Å². The summed E-state index contributed by atoms with van der Waals surface area (Å²) in [5.74, 6) is -0.578. The van der Waals surface area contributed by atoms with E-state index in [2.05, 4.69) is 5.32 Å². The Morgan fingerprint density at radius 2 is 1.86 bits per heavy atom. The number of hydrogen-bond acceptors (Lipinski definition) is 3. The third-order valence-electron chi connectivity index (χ3n) is 4.07. The first-order valence-electron chi connectivity index (χ1n) is 8.60. The molecule has 0 bridgehead atoms. The van der Waals surface area contributed by atoms with Gasteiger partial charge in [0.05, 0.1) is 10.0 Å². The molecule has 1 aliphatic heterocycles. The van der Waals surface area contributed by atoms with E-state index in [9.17, 15) is 14.0 Å². The number of carbonyl (C=O) groups excluding carboxylic acids is 2. The predicted molar refractivity (Wildman–Crippen MR) is 106 cm³/mol. The lowest BCUT2D eigenvalue weighted by Crippen LogP contribution is -2.31. The second-order valence-corrected chi connectivity index (χ2v) is 6.95. The molecule has 3 amide bonds. The average Bonchev–Trinajstić information content (AvgIpc) is 2.90. The highest BCUT2D eigenvalue weighted by molar-refractivity contribution is 6.37. The van der Waals surface area contributed by atoms with Gasteiger partial charge in [0.1, 0.15) is 18.1 Å². The molecule has 1 N–H and O–H groups in total. The molecular weight excluding hydrogens is 406 g/mol. The number of urea groups is 1. The number of ether oxygens (including phenoxy) is 1. The molecule has 28 heavy (non-hydrogen) atoms. The van der Waals surface area contributed by atoms with Crippen LogP contribution in [0, 0.1) is 5.82 Å². The van der Waals surface area contributed by atoms with Crippen molar-refractivity contribution in [1.82, 2.24) is 10.2 Å². The van der Waals surface area contributed by atoms with Gasteiger partial charge in [-0.3, -0.25) is 9.69 Å². The summed E-state index contributed by atoms with van der Waals surface area (Å²) in [6, 6.07) is 8.89. The standard InChI is InChI=1S/C20H17Cl2FN2O3/c1-2-7-25-19(26)17(24-20(25)27)10-12-8-14(21)18(15(22)9-12)28-11-13-5-3-4-6-16(13)23/h3-6,8-10H,2,7,11H2,1H3,(H,24,27)/b17-10+. The van der Waals surface area contributed by atoms with Gasteiger partial charge in [-0.1, -0.05) is 48.3 Å². The van der Waals surface area contributed by atoms with E-state index in [1.807, 2.05) is 6.92 Å². The lowest BCUT2D eigenvalue weighted by Gasteiger charge is -2.11. The number of hydrogen-bond donors (Lipinski definition) is 1. The molecule has 0 unspecified atom stereocenters. The minimum Gasteiger partial charge on any atom is -0.486 e. The summed E-state index contributed by atoms with van der Waals surface area (Å²) in [6.45, 7) is 2.18. The van der Waals surface area contributed by atoms with E-state index in [0.717, 1.165) is 4.90 Å². The van der Waals surface area contributed by atoms with Gasteiger partial charge in [-0.25, -0.2) is 9.18 Å². The number of rotatable bonds is 6. The summed E-state index contributed by atoms with van der Waals surface area (Å²) in [7, 11) is 0. The number of nitrogens with zero attached hydrogens (tertiary/aromatic N) is 1. The zero-order valence-electron chi connectivity index (χ0n) is 15.0. The van der Waals surface area contributed by atoms with E-state index < -0.39 is 11.9 Å². The SMILES string of the molecule is CCCN1C(=O)N/C(=C/c2cc(Cl)c(OCc3ccccc3F)c(Cl)c2)C1=O. The molecule has 0 spiro atoms. The Morgan fingerprint density at radius 3 is 2.50 bits per heavy atom. The summed E-state index contributed by atoms with van der Waals surface area (Å²) in [6.07, 6.45) is 2.16. The van der Waals surface area contributed by atoms with Crippen molar-refractivity contribution >= 4 is 41.2 Å². The van der Waals surface area contributed by atoms with E-state index in [-0.39, 0.29) is 33.9 Å². The van der Waals surface area contributed by atoms with Gasteiger partial charge in [-0.05, 0) is 36.3 Å². The van der Waals surface area contributed by atoms with E-state index >= 15 is 0 Å². The van der Waals surface area contributed by atoms with E-state index in [0.29, 0.717) is 24.1 Å². The largest absolute Gasteiger partial charge is 0.486 e. The van der Waals surface area contributed by atoms with E-state index in [4.69, 9.17) is 27.9 Å². The van der Waals surface area contributed by atoms with Gasteiger partial charge in [0.25, 0.3) is 5.91 Å². The summed E-state index contributed by atoms with van der Waals surface area (Å²) in [4.78, 5) is 25.3. The number of halogens is 3. The van der Waals surface area contributed by atoms with Gasteiger partial charge in [-0.2, -0.15) is 0 Å². The Balaban J connectivity index is 1.79. The molecule has 1 heterocycles. The van der Waals surface area contributed by atoms with Crippen molar-refractivity contribution in [1.29, 1.82) is 0 Å². The smallest absolute Gasteiger partial charge is 0.329 e. The molecular formula is C20H17Cl2FN2O3. The Kier molecular flexibility index (Phi) is 6.21. The molecule has 0 saturated carbocycles. The maximum absolute atomic E-state index is 13.7. The van der Waals surface area contributed by atoms with Gasteiger partial charge >= 0.3 is 6.03 Å². The molecule has 8 heteroatoms. The maximum atomic E-state index is 13.7. The predicted octanol–water partition coefficient (Wildman–Crippen LogP) is 5.01. The van der Waals surface area contributed by atoms with Crippen molar-refractivity contribution in [3.63, 3.8) is 0 Å². The highest BCUT2D eigenvalue weighted by atomic mass is 35.5. The number of imide groups is 1. The molecule has 0 radical (unpaired) electrons. The van der Waals surface area contributed by atoms with Crippen molar-refractivity contribution in [2.24, 2.45) is 0 Å². The summed E-state index contributed by atoms with van der Waals surface area (Å²) in [5.41, 5.74) is 1.04. The first-order chi connectivity index (χ1) is 13.4. The Hall–Kier alpha value is -2.57. The van der Waals surface area contributed by atoms with Crippen LogP contribution in [-0.4, -0.2) is 23.4 Å². The Bertz CT molecular complexity index is 939. The fourth-order valence-corrected chi connectivity index (χ4v) is 3.34. The van der Waals surface area contributed by atoms with Crippen molar-refractivity contribution < 1.29 is 18.7 Å². The number of nitrogens with one attached hydrogen (secondary N) is 1. The van der Waals surface area contributed by atoms with Crippen molar-refractivity contribution in [2.45, 2.75) is 20.0 Å². The topological polar surface area (TPSA) is 58.6 Å². The van der Waals surface area contributed by atoms with Crippen molar-refractivity contribution in [3.05, 3.63) is 69.1 Å². The molecule has 1 aliphatic rings. The highest BCUT2D eigenvalue weighted by Crippen LogP contribution is 2.35. The zero-order valence-corrected chi connectivity index (χ0v) is 16.5. The fourth-order valence-electron chi connectivity index (χ4n) is 2.73. The number of amides is 3. The van der Waals surface area contributed by atoms with Crippen molar-refractivity contribution in [2.75, 3.05) is 6.54 Å².